The maximum Gasteiger partial charge on any atom is 0.0831 e. The molecular weight excluding hydrogens is 164 g/mol. The molecule has 0 amide bonds. The van der Waals surface area contributed by atoms with Crippen molar-refractivity contribution in [2.24, 2.45) is 5.73 Å². The van der Waals surface area contributed by atoms with E-state index in [9.17, 15) is 0 Å². The highest BCUT2D eigenvalue weighted by Crippen LogP contribution is 2.19. The van der Waals surface area contributed by atoms with Crippen LogP contribution in [0.2, 0.25) is 0 Å². The van der Waals surface area contributed by atoms with Crippen molar-refractivity contribution in [1.82, 2.24) is 4.98 Å². The van der Waals surface area contributed by atoms with Crippen LogP contribution in [0, 0.1) is 0 Å². The van der Waals surface area contributed by atoms with E-state index in [0.29, 0.717) is 6.54 Å². The first kappa shape index (κ1) is 8.29. The molecule has 0 spiro atoms. The molecule has 2 aromatic rings. The van der Waals surface area contributed by atoms with Crippen LogP contribution in [-0.2, 0) is 13.2 Å². The number of hydrogen-bond donors (Lipinski definition) is 3. The van der Waals surface area contributed by atoms with Gasteiger partial charge in [0.1, 0.15) is 0 Å². The number of benzene rings is 1. The maximum atomic E-state index is 8.94. The Hall–Kier alpha value is -1.32. The fourth-order valence-corrected chi connectivity index (χ4v) is 1.54. The van der Waals surface area contributed by atoms with Crippen LogP contribution >= 0.6 is 0 Å². The van der Waals surface area contributed by atoms with Crippen LogP contribution in [0.15, 0.2) is 24.3 Å². The quantitative estimate of drug-likeness (QED) is 0.642. The number of H-pyrrole nitrogens is 1. The van der Waals surface area contributed by atoms with Gasteiger partial charge in [0.25, 0.3) is 0 Å². The highest BCUT2D eigenvalue weighted by molar-refractivity contribution is 5.83. The van der Waals surface area contributed by atoms with E-state index in [1.54, 1.807) is 0 Å². The Morgan fingerprint density at radius 3 is 2.92 bits per heavy atom. The SMILES string of the molecule is NCc1cccc2[nH]c(CO)cc12. The number of nitrogens with one attached hydrogen (secondary N) is 1. The molecule has 0 radical (unpaired) electrons. The fourth-order valence-electron chi connectivity index (χ4n) is 1.54. The summed E-state index contributed by atoms with van der Waals surface area (Å²) < 4.78 is 0. The van der Waals surface area contributed by atoms with Gasteiger partial charge in [-0.1, -0.05) is 12.1 Å². The third-order valence-corrected chi connectivity index (χ3v) is 2.20. The lowest BCUT2D eigenvalue weighted by Crippen LogP contribution is -1.95. The largest absolute Gasteiger partial charge is 0.390 e. The number of nitrogens with two attached hydrogens (primary N) is 1. The summed E-state index contributed by atoms with van der Waals surface area (Å²) >= 11 is 0. The van der Waals surface area contributed by atoms with Crippen molar-refractivity contribution < 1.29 is 5.11 Å². The number of aliphatic hydroxyl groups excluding tert-OH is 1. The van der Waals surface area contributed by atoms with Crippen LogP contribution < -0.4 is 5.73 Å². The molecule has 0 bridgehead atoms. The Morgan fingerprint density at radius 1 is 1.38 bits per heavy atom. The van der Waals surface area contributed by atoms with E-state index in [1.807, 2.05) is 24.3 Å². The number of aromatic nitrogens is 1. The van der Waals surface area contributed by atoms with Gasteiger partial charge in [0.2, 0.25) is 0 Å². The highest BCUT2D eigenvalue weighted by Gasteiger charge is 2.02. The molecule has 13 heavy (non-hydrogen) atoms. The zero-order chi connectivity index (χ0) is 9.26. The minimum Gasteiger partial charge on any atom is -0.390 e. The van der Waals surface area contributed by atoms with E-state index in [2.05, 4.69) is 4.98 Å². The Morgan fingerprint density at radius 2 is 2.23 bits per heavy atom. The van der Waals surface area contributed by atoms with Crippen molar-refractivity contribution in [3.63, 3.8) is 0 Å². The number of fused-ring (bicyclic) bond motifs is 1. The van der Waals surface area contributed by atoms with Gasteiger partial charge in [-0.2, -0.15) is 0 Å². The van der Waals surface area contributed by atoms with Crippen LogP contribution in [0.5, 0.6) is 0 Å². The van der Waals surface area contributed by atoms with Gasteiger partial charge in [0, 0.05) is 23.1 Å². The van der Waals surface area contributed by atoms with Crippen molar-refractivity contribution >= 4 is 10.9 Å². The van der Waals surface area contributed by atoms with Gasteiger partial charge in [-0.05, 0) is 17.7 Å². The smallest absolute Gasteiger partial charge is 0.0831 e. The summed E-state index contributed by atoms with van der Waals surface area (Å²) in [5.74, 6) is 0. The zero-order valence-corrected chi connectivity index (χ0v) is 7.25. The van der Waals surface area contributed by atoms with Gasteiger partial charge in [0.05, 0.1) is 6.61 Å². The molecule has 0 unspecified atom stereocenters. The average Bonchev–Trinajstić information content (AvgIpc) is 2.59. The van der Waals surface area contributed by atoms with E-state index in [-0.39, 0.29) is 6.61 Å². The second-order valence-corrected chi connectivity index (χ2v) is 3.04. The Balaban J connectivity index is 2.67. The highest BCUT2D eigenvalue weighted by atomic mass is 16.3. The molecule has 0 atom stereocenters. The third-order valence-electron chi connectivity index (χ3n) is 2.20. The standard InChI is InChI=1S/C10H12N2O/c11-5-7-2-1-3-10-9(7)4-8(6-13)12-10/h1-4,12-13H,5-6,11H2. The Kier molecular flexibility index (Phi) is 2.04. The molecule has 4 N–H and O–H groups in total. The molecule has 0 aliphatic rings. The van der Waals surface area contributed by atoms with E-state index in [4.69, 9.17) is 10.8 Å². The summed E-state index contributed by atoms with van der Waals surface area (Å²) in [6.45, 7) is 0.568. The molecule has 0 aliphatic heterocycles. The molecule has 0 fully saturated rings. The molecular formula is C10H12N2O. The first-order chi connectivity index (χ1) is 6.35. The summed E-state index contributed by atoms with van der Waals surface area (Å²) in [6, 6.07) is 7.88. The number of hydrogen-bond acceptors (Lipinski definition) is 2. The van der Waals surface area contributed by atoms with Gasteiger partial charge in [-0.3, -0.25) is 0 Å². The van der Waals surface area contributed by atoms with Crippen LogP contribution in [0.25, 0.3) is 10.9 Å². The number of aliphatic hydroxyl groups is 1. The topological polar surface area (TPSA) is 62.0 Å². The Bertz CT molecular complexity index is 420. The van der Waals surface area contributed by atoms with Crippen LogP contribution in [0.4, 0.5) is 0 Å². The van der Waals surface area contributed by atoms with Gasteiger partial charge in [-0.15, -0.1) is 0 Å². The maximum absolute atomic E-state index is 8.94. The van der Waals surface area contributed by atoms with Crippen molar-refractivity contribution in [3.05, 3.63) is 35.5 Å². The minimum absolute atomic E-state index is 0.0404. The molecule has 3 nitrogen and oxygen atoms in total. The third kappa shape index (κ3) is 1.32. The molecule has 0 aliphatic carbocycles. The van der Waals surface area contributed by atoms with E-state index in [1.165, 1.54) is 0 Å². The number of rotatable bonds is 2. The normalized spacial score (nSPS) is 10.9. The number of aromatic amines is 1. The molecule has 0 saturated heterocycles. The fraction of sp³-hybridized carbons (Fsp3) is 0.200. The lowest BCUT2D eigenvalue weighted by Gasteiger charge is -1.96. The van der Waals surface area contributed by atoms with E-state index in [0.717, 1.165) is 22.2 Å². The van der Waals surface area contributed by atoms with Gasteiger partial charge < -0.3 is 15.8 Å². The molecule has 2 rings (SSSR count). The van der Waals surface area contributed by atoms with Crippen molar-refractivity contribution in [3.8, 4) is 0 Å². The summed E-state index contributed by atoms with van der Waals surface area (Å²) in [7, 11) is 0. The second-order valence-electron chi connectivity index (χ2n) is 3.04. The van der Waals surface area contributed by atoms with Crippen molar-refractivity contribution in [1.29, 1.82) is 0 Å². The molecule has 3 heteroatoms. The first-order valence-electron chi connectivity index (χ1n) is 4.25. The summed E-state index contributed by atoms with van der Waals surface area (Å²) in [5, 5.41) is 10.0. The van der Waals surface area contributed by atoms with E-state index >= 15 is 0 Å². The van der Waals surface area contributed by atoms with Crippen LogP contribution in [-0.4, -0.2) is 10.1 Å². The molecule has 1 heterocycles. The van der Waals surface area contributed by atoms with E-state index < -0.39 is 0 Å². The predicted octanol–water partition coefficient (Wildman–Crippen LogP) is 1.12. The summed E-state index contributed by atoms with van der Waals surface area (Å²) in [4.78, 5) is 3.11. The average molecular weight is 176 g/mol. The summed E-state index contributed by atoms with van der Waals surface area (Å²) in [6.07, 6.45) is 0. The minimum atomic E-state index is 0.0404. The predicted molar refractivity (Wildman–Crippen MR) is 52.1 cm³/mol. The Labute approximate surface area is 76.2 Å². The molecule has 68 valence electrons. The monoisotopic (exact) mass is 176 g/mol. The van der Waals surface area contributed by atoms with Crippen molar-refractivity contribution in [2.45, 2.75) is 13.2 Å². The van der Waals surface area contributed by atoms with Crippen LogP contribution in [0.1, 0.15) is 11.3 Å². The van der Waals surface area contributed by atoms with Crippen LogP contribution in [0.3, 0.4) is 0 Å². The van der Waals surface area contributed by atoms with Gasteiger partial charge in [0.15, 0.2) is 0 Å². The van der Waals surface area contributed by atoms with Gasteiger partial charge in [-0.25, -0.2) is 0 Å². The molecule has 0 saturated carbocycles. The van der Waals surface area contributed by atoms with Crippen molar-refractivity contribution in [2.75, 3.05) is 0 Å². The molecule has 1 aromatic heterocycles. The lowest BCUT2D eigenvalue weighted by molar-refractivity contribution is 0.278. The molecule has 1 aromatic carbocycles. The second kappa shape index (κ2) is 3.20. The first-order valence-corrected chi connectivity index (χ1v) is 4.25. The summed E-state index contributed by atoms with van der Waals surface area (Å²) in [5.41, 5.74) is 8.56. The zero-order valence-electron chi connectivity index (χ0n) is 7.25. The van der Waals surface area contributed by atoms with Gasteiger partial charge >= 0.3 is 0 Å². The lowest BCUT2D eigenvalue weighted by atomic mass is 10.1.